The van der Waals surface area contributed by atoms with Crippen molar-refractivity contribution in [2.24, 2.45) is 5.92 Å². The number of nitrogens with zero attached hydrogens (tertiary/aromatic N) is 7. The second kappa shape index (κ2) is 12.2. The van der Waals surface area contributed by atoms with Gasteiger partial charge in [-0.15, -0.1) is 0 Å². The van der Waals surface area contributed by atoms with Crippen LogP contribution < -0.4 is 20.1 Å². The van der Waals surface area contributed by atoms with Gasteiger partial charge in [0, 0.05) is 38.5 Å². The number of hydrogen-bond donors (Lipinski definition) is 1. The van der Waals surface area contributed by atoms with Gasteiger partial charge in [-0.25, -0.2) is 13.8 Å². The Morgan fingerprint density at radius 2 is 2.04 bits per heavy atom. The van der Waals surface area contributed by atoms with Gasteiger partial charge >= 0.3 is 12.2 Å². The van der Waals surface area contributed by atoms with Crippen LogP contribution in [0, 0.1) is 30.0 Å². The number of ether oxygens (including phenoxy) is 2. The molecule has 1 aromatic carbocycles. The van der Waals surface area contributed by atoms with Crippen LogP contribution in [0.4, 0.5) is 33.6 Å². The van der Waals surface area contributed by atoms with E-state index in [0.717, 1.165) is 51.4 Å². The van der Waals surface area contributed by atoms with Crippen molar-refractivity contribution in [1.82, 2.24) is 24.8 Å². The molecule has 4 fully saturated rings. The van der Waals surface area contributed by atoms with E-state index in [1.807, 2.05) is 0 Å². The molecule has 2 N–H and O–H groups in total. The molecule has 7 heterocycles. The van der Waals surface area contributed by atoms with Crippen LogP contribution in [0.3, 0.4) is 0 Å². The predicted octanol–water partition coefficient (Wildman–Crippen LogP) is 5.92. The van der Waals surface area contributed by atoms with Crippen molar-refractivity contribution in [2.75, 3.05) is 56.6 Å². The summed E-state index contributed by atoms with van der Waals surface area (Å²) in [5.74, 6) is -0.982. The molecule has 1 unspecified atom stereocenters. The fraction of sp³-hybridized carbons (Fsp3) is 0.588. The maximum Gasteiger partial charge on any atom is 0.418 e. The Morgan fingerprint density at radius 1 is 1.22 bits per heavy atom. The third-order valence-corrected chi connectivity index (χ3v) is 11.6. The SMILES string of the molecule is Cc1cc(N)nc(-c2c(Cl)c3c4c(nc(OC[C@@]56CCCN5C[C@H](F)C6)nc4c2F)N2C[C@H]4CC(CN4CCCC#N)[C@H]2CO3)c1C(F)(F)F. The van der Waals surface area contributed by atoms with Crippen LogP contribution in [-0.2, 0) is 6.18 Å². The number of hydrogen-bond acceptors (Lipinski definition) is 10. The fourth-order valence-corrected chi connectivity index (χ4v) is 9.44. The van der Waals surface area contributed by atoms with Crippen molar-refractivity contribution < 1.29 is 31.4 Å². The molecule has 0 radical (unpaired) electrons. The standard InChI is InChI=1S/C34H36ClF5N8O2/c1-17-9-22(42)43-28(25(17)34(38,39)40)23-26(35)30-24-29(27(23)37)44-32(50-16-33-5-4-8-47(33)13-19(36)11-33)45-31(24)48-14-20-10-18(21(48)15-49-30)12-46(20)7-3-2-6-41/h9,18-21H,2-5,7-8,10-16H2,1H3,(H2,42,43)/t18?,19-,20-,21-,33+/m1/s1. The molecule has 0 spiro atoms. The van der Waals surface area contributed by atoms with Gasteiger partial charge in [0.05, 0.1) is 44.9 Å². The topological polar surface area (TPSA) is 117 Å². The zero-order valence-corrected chi connectivity index (χ0v) is 28.1. The number of nitriles is 1. The molecule has 10 nitrogen and oxygen atoms in total. The van der Waals surface area contributed by atoms with Gasteiger partial charge in [0.15, 0.2) is 11.6 Å². The number of aryl methyl sites for hydroxylation is 1. The number of likely N-dealkylation sites (tertiary alicyclic amines) is 1. The van der Waals surface area contributed by atoms with E-state index < -0.39 is 40.5 Å². The van der Waals surface area contributed by atoms with E-state index in [2.05, 4.69) is 30.7 Å². The Hall–Kier alpha value is -3.74. The first-order chi connectivity index (χ1) is 23.9. The highest BCUT2D eigenvalue weighted by Gasteiger charge is 2.51. The smallest absolute Gasteiger partial charge is 0.418 e. The van der Waals surface area contributed by atoms with Gasteiger partial charge in [-0.2, -0.15) is 28.4 Å². The van der Waals surface area contributed by atoms with E-state index in [9.17, 15) is 17.6 Å². The minimum atomic E-state index is -4.91. The van der Waals surface area contributed by atoms with E-state index in [1.54, 1.807) is 0 Å². The number of alkyl halides is 4. The van der Waals surface area contributed by atoms with E-state index in [1.165, 1.54) is 6.92 Å². The lowest BCUT2D eigenvalue weighted by molar-refractivity contribution is -0.137. The predicted molar refractivity (Wildman–Crippen MR) is 175 cm³/mol. The van der Waals surface area contributed by atoms with E-state index in [4.69, 9.17) is 37.1 Å². The molecule has 8 rings (SSSR count). The number of anilines is 2. The van der Waals surface area contributed by atoms with Crippen molar-refractivity contribution in [3.05, 3.63) is 28.0 Å². The molecular formula is C34H36ClF5N8O2. The highest BCUT2D eigenvalue weighted by molar-refractivity contribution is 6.36. The highest BCUT2D eigenvalue weighted by atomic mass is 35.5. The van der Waals surface area contributed by atoms with Gasteiger partial charge in [-0.3, -0.25) is 9.80 Å². The first kappa shape index (κ1) is 33.4. The van der Waals surface area contributed by atoms with Gasteiger partial charge in [-0.05, 0) is 63.2 Å². The van der Waals surface area contributed by atoms with Crippen molar-refractivity contribution in [2.45, 2.75) is 75.4 Å². The first-order valence-electron chi connectivity index (χ1n) is 17.0. The highest BCUT2D eigenvalue weighted by Crippen LogP contribution is 2.52. The summed E-state index contributed by atoms with van der Waals surface area (Å²) in [7, 11) is 0. The van der Waals surface area contributed by atoms with Crippen molar-refractivity contribution in [1.29, 1.82) is 5.26 Å². The minimum Gasteiger partial charge on any atom is -0.489 e. The van der Waals surface area contributed by atoms with Crippen molar-refractivity contribution in [3.8, 4) is 29.1 Å². The Bertz CT molecular complexity index is 1910. The summed E-state index contributed by atoms with van der Waals surface area (Å²) in [6.07, 6.45) is -1.95. The number of nitrogen functional groups attached to an aromatic ring is 1. The molecule has 0 amide bonds. The van der Waals surface area contributed by atoms with E-state index in [0.29, 0.717) is 31.7 Å². The quantitative estimate of drug-likeness (QED) is 0.233. The van der Waals surface area contributed by atoms with Gasteiger partial charge in [-0.1, -0.05) is 11.6 Å². The number of halogens is 6. The van der Waals surface area contributed by atoms with Crippen LogP contribution in [0.5, 0.6) is 11.8 Å². The zero-order chi connectivity index (χ0) is 35.1. The van der Waals surface area contributed by atoms with Gasteiger partial charge in [0.25, 0.3) is 0 Å². The molecule has 4 saturated heterocycles. The number of aromatic nitrogens is 3. The summed E-state index contributed by atoms with van der Waals surface area (Å²) in [6, 6.07) is 3.00. The Morgan fingerprint density at radius 3 is 2.82 bits per heavy atom. The number of piperidine rings is 1. The Labute approximate surface area is 290 Å². The molecule has 2 aromatic heterocycles. The summed E-state index contributed by atoms with van der Waals surface area (Å²) >= 11 is 6.87. The van der Waals surface area contributed by atoms with E-state index >= 15 is 4.39 Å². The average molecular weight is 719 g/mol. The van der Waals surface area contributed by atoms with Crippen LogP contribution >= 0.6 is 11.6 Å². The minimum absolute atomic E-state index is 0.0394. The van der Waals surface area contributed by atoms with Crippen LogP contribution in [0.2, 0.25) is 5.02 Å². The molecular weight excluding hydrogens is 683 g/mol. The molecule has 50 heavy (non-hydrogen) atoms. The number of fused-ring (bicyclic) bond motifs is 6. The van der Waals surface area contributed by atoms with Crippen molar-refractivity contribution >= 4 is 34.1 Å². The number of pyridine rings is 1. The summed E-state index contributed by atoms with van der Waals surface area (Å²) in [4.78, 5) is 19.7. The molecule has 16 heteroatoms. The van der Waals surface area contributed by atoms with Gasteiger partial charge < -0.3 is 20.1 Å². The van der Waals surface area contributed by atoms with Crippen LogP contribution in [-0.4, -0.2) is 94.5 Å². The number of benzene rings is 1. The maximum atomic E-state index is 17.1. The summed E-state index contributed by atoms with van der Waals surface area (Å²) in [5, 5.41) is 8.82. The number of unbranched alkanes of at least 4 members (excludes halogenated alkanes) is 1. The average Bonchev–Trinajstić information content (AvgIpc) is 3.64. The second-order valence-corrected chi connectivity index (χ2v) is 14.6. The lowest BCUT2D eigenvalue weighted by atomic mass is 9.91. The Kier molecular flexibility index (Phi) is 8.15. The summed E-state index contributed by atoms with van der Waals surface area (Å²) in [6.45, 7) is 4.48. The van der Waals surface area contributed by atoms with Crippen LogP contribution in [0.1, 0.15) is 49.7 Å². The van der Waals surface area contributed by atoms with Gasteiger partial charge in [0.1, 0.15) is 36.5 Å². The molecule has 5 aliphatic rings. The molecule has 0 aliphatic carbocycles. The zero-order valence-electron chi connectivity index (χ0n) is 27.4. The largest absolute Gasteiger partial charge is 0.489 e. The number of rotatable bonds is 7. The molecule has 5 aliphatic heterocycles. The Balaban J connectivity index is 1.29. The lowest BCUT2D eigenvalue weighted by Gasteiger charge is -2.39. The molecule has 0 saturated carbocycles. The molecule has 2 bridgehead atoms. The normalized spacial score (nSPS) is 27.6. The molecule has 266 valence electrons. The second-order valence-electron chi connectivity index (χ2n) is 14.3. The third-order valence-electron chi connectivity index (χ3n) is 11.2. The lowest BCUT2D eigenvalue weighted by Crippen LogP contribution is -2.51. The maximum absolute atomic E-state index is 17.1. The van der Waals surface area contributed by atoms with Gasteiger partial charge in [0.2, 0.25) is 0 Å². The summed E-state index contributed by atoms with van der Waals surface area (Å²) in [5.41, 5.74) is 2.22. The van der Waals surface area contributed by atoms with Crippen molar-refractivity contribution in [3.63, 3.8) is 0 Å². The first-order valence-corrected chi connectivity index (χ1v) is 17.4. The monoisotopic (exact) mass is 718 g/mol. The molecule has 5 atom stereocenters. The van der Waals surface area contributed by atoms with Crippen LogP contribution in [0.25, 0.3) is 22.2 Å². The van der Waals surface area contributed by atoms with E-state index in [-0.39, 0.29) is 70.3 Å². The summed E-state index contributed by atoms with van der Waals surface area (Å²) < 4.78 is 87.7. The fourth-order valence-electron chi connectivity index (χ4n) is 9.12. The third kappa shape index (κ3) is 5.36. The molecule has 3 aromatic rings. The van der Waals surface area contributed by atoms with Crippen LogP contribution in [0.15, 0.2) is 6.07 Å². The number of nitrogens with two attached hydrogens (primary N) is 1.